The third-order valence-electron chi connectivity index (χ3n) is 4.14. The van der Waals surface area contributed by atoms with Crippen molar-refractivity contribution in [1.82, 2.24) is 25.0 Å². The first-order valence-electron chi connectivity index (χ1n) is 8.42. The maximum atomic E-state index is 5.80. The van der Waals surface area contributed by atoms with Gasteiger partial charge in [0.2, 0.25) is 5.88 Å². The molecule has 0 aliphatic rings. The number of benzene rings is 1. The lowest BCUT2D eigenvalue weighted by Gasteiger charge is -2.04. The van der Waals surface area contributed by atoms with E-state index in [9.17, 15) is 0 Å². The predicted octanol–water partition coefficient (Wildman–Crippen LogP) is 3.77. The van der Waals surface area contributed by atoms with Gasteiger partial charge in [-0.2, -0.15) is 5.10 Å². The first kappa shape index (κ1) is 15.4. The van der Waals surface area contributed by atoms with Crippen molar-refractivity contribution in [3.8, 4) is 5.88 Å². The molecule has 4 aromatic rings. The molecule has 3 aromatic heterocycles. The van der Waals surface area contributed by atoms with Crippen molar-refractivity contribution in [3.05, 3.63) is 36.5 Å². The van der Waals surface area contributed by atoms with Gasteiger partial charge in [-0.3, -0.25) is 14.8 Å². The van der Waals surface area contributed by atoms with Crippen LogP contribution in [0.25, 0.3) is 21.9 Å². The number of aromatic amines is 1. The summed E-state index contributed by atoms with van der Waals surface area (Å²) in [5, 5.41) is 16.1. The highest BCUT2D eigenvalue weighted by Gasteiger charge is 2.12. The van der Waals surface area contributed by atoms with Crippen LogP contribution in [0.4, 0.5) is 11.5 Å². The number of ether oxygens (including phenoxy) is 1. The molecule has 0 fully saturated rings. The maximum Gasteiger partial charge on any atom is 0.240 e. The molecule has 3 heterocycles. The molecule has 0 spiro atoms. The van der Waals surface area contributed by atoms with Crippen molar-refractivity contribution in [2.45, 2.75) is 19.8 Å². The first-order chi connectivity index (χ1) is 12.3. The summed E-state index contributed by atoms with van der Waals surface area (Å²) >= 11 is 0. The second-order valence-electron chi connectivity index (χ2n) is 5.96. The van der Waals surface area contributed by atoms with E-state index in [-0.39, 0.29) is 0 Å². The van der Waals surface area contributed by atoms with E-state index in [4.69, 9.17) is 4.74 Å². The van der Waals surface area contributed by atoms with Gasteiger partial charge in [-0.15, -0.1) is 5.10 Å². The molecule has 0 unspecified atom stereocenters. The van der Waals surface area contributed by atoms with E-state index < -0.39 is 0 Å². The SMILES string of the molecule is CCCCOc1nn(C)c2cc(Nc3n[nH]c4cccnc34)ccc12. The summed E-state index contributed by atoms with van der Waals surface area (Å²) in [6, 6.07) is 9.89. The Labute approximate surface area is 145 Å². The second kappa shape index (κ2) is 6.43. The number of hydrogen-bond acceptors (Lipinski definition) is 5. The molecular weight excluding hydrogens is 316 g/mol. The number of rotatable bonds is 6. The van der Waals surface area contributed by atoms with Crippen molar-refractivity contribution in [3.63, 3.8) is 0 Å². The van der Waals surface area contributed by atoms with Crippen LogP contribution in [0.2, 0.25) is 0 Å². The van der Waals surface area contributed by atoms with Crippen LogP contribution in [0, 0.1) is 0 Å². The Kier molecular flexibility index (Phi) is 3.97. The van der Waals surface area contributed by atoms with Gasteiger partial charge in [0.05, 0.1) is 23.0 Å². The number of anilines is 2. The van der Waals surface area contributed by atoms with Crippen LogP contribution in [0.5, 0.6) is 5.88 Å². The topological polar surface area (TPSA) is 80.6 Å². The van der Waals surface area contributed by atoms with Crippen molar-refractivity contribution in [1.29, 1.82) is 0 Å². The van der Waals surface area contributed by atoms with Gasteiger partial charge in [-0.05, 0) is 36.8 Å². The second-order valence-corrected chi connectivity index (χ2v) is 5.96. The summed E-state index contributed by atoms with van der Waals surface area (Å²) in [5.41, 5.74) is 3.65. The molecule has 0 amide bonds. The van der Waals surface area contributed by atoms with Crippen molar-refractivity contribution in [2.24, 2.45) is 7.05 Å². The fourth-order valence-corrected chi connectivity index (χ4v) is 2.80. The Morgan fingerprint density at radius 3 is 3.08 bits per heavy atom. The quantitative estimate of drug-likeness (QED) is 0.524. The highest BCUT2D eigenvalue weighted by Crippen LogP contribution is 2.29. The molecular formula is C18H20N6O. The van der Waals surface area contributed by atoms with Gasteiger partial charge < -0.3 is 10.1 Å². The van der Waals surface area contributed by atoms with E-state index in [0.29, 0.717) is 18.3 Å². The van der Waals surface area contributed by atoms with Crippen LogP contribution in [-0.2, 0) is 7.05 Å². The number of unbranched alkanes of at least 4 members (excludes halogenated alkanes) is 1. The molecule has 4 rings (SSSR count). The van der Waals surface area contributed by atoms with Gasteiger partial charge in [0.15, 0.2) is 5.82 Å². The van der Waals surface area contributed by atoms with Crippen molar-refractivity contribution >= 4 is 33.4 Å². The Bertz CT molecular complexity index is 1020. The molecule has 7 nitrogen and oxygen atoms in total. The fourth-order valence-electron chi connectivity index (χ4n) is 2.80. The van der Waals surface area contributed by atoms with Crippen LogP contribution in [0.15, 0.2) is 36.5 Å². The lowest BCUT2D eigenvalue weighted by Crippen LogP contribution is -1.98. The Morgan fingerprint density at radius 2 is 2.20 bits per heavy atom. The van der Waals surface area contributed by atoms with E-state index >= 15 is 0 Å². The molecule has 1 aromatic carbocycles. The van der Waals surface area contributed by atoms with Gasteiger partial charge in [0.1, 0.15) is 5.52 Å². The minimum absolute atomic E-state index is 0.685. The summed E-state index contributed by atoms with van der Waals surface area (Å²) in [5.74, 6) is 1.39. The number of aryl methyl sites for hydroxylation is 1. The van der Waals surface area contributed by atoms with Crippen molar-refractivity contribution in [2.75, 3.05) is 11.9 Å². The molecule has 0 aliphatic carbocycles. The van der Waals surface area contributed by atoms with E-state index in [1.807, 2.05) is 42.1 Å². The average Bonchev–Trinajstić information content (AvgIpc) is 3.17. The Morgan fingerprint density at radius 1 is 1.28 bits per heavy atom. The first-order valence-corrected chi connectivity index (χ1v) is 8.42. The zero-order valence-electron chi connectivity index (χ0n) is 14.3. The van der Waals surface area contributed by atoms with E-state index in [2.05, 4.69) is 32.5 Å². The number of fused-ring (bicyclic) bond motifs is 2. The molecule has 0 atom stereocenters. The van der Waals surface area contributed by atoms with Crippen LogP contribution in [0.3, 0.4) is 0 Å². The van der Waals surface area contributed by atoms with Crippen LogP contribution in [0.1, 0.15) is 19.8 Å². The van der Waals surface area contributed by atoms with Gasteiger partial charge in [-0.25, -0.2) is 0 Å². The third-order valence-corrected chi connectivity index (χ3v) is 4.14. The molecule has 2 N–H and O–H groups in total. The summed E-state index contributed by atoms with van der Waals surface area (Å²) in [4.78, 5) is 4.37. The highest BCUT2D eigenvalue weighted by molar-refractivity contribution is 5.91. The minimum atomic E-state index is 0.685. The van der Waals surface area contributed by atoms with E-state index in [0.717, 1.165) is 40.5 Å². The highest BCUT2D eigenvalue weighted by atomic mass is 16.5. The van der Waals surface area contributed by atoms with E-state index in [1.54, 1.807) is 6.20 Å². The molecule has 0 saturated carbocycles. The lowest BCUT2D eigenvalue weighted by molar-refractivity contribution is 0.298. The zero-order valence-corrected chi connectivity index (χ0v) is 14.3. The van der Waals surface area contributed by atoms with Crippen LogP contribution >= 0.6 is 0 Å². The third kappa shape index (κ3) is 2.88. The van der Waals surface area contributed by atoms with Crippen LogP contribution < -0.4 is 10.1 Å². The average molecular weight is 336 g/mol. The van der Waals surface area contributed by atoms with Gasteiger partial charge in [0, 0.05) is 18.9 Å². The van der Waals surface area contributed by atoms with Gasteiger partial charge >= 0.3 is 0 Å². The minimum Gasteiger partial charge on any atom is -0.476 e. The smallest absolute Gasteiger partial charge is 0.240 e. The largest absolute Gasteiger partial charge is 0.476 e. The number of H-pyrrole nitrogens is 1. The monoisotopic (exact) mass is 336 g/mol. The van der Waals surface area contributed by atoms with Gasteiger partial charge in [0.25, 0.3) is 0 Å². The summed E-state index contributed by atoms with van der Waals surface area (Å²) < 4.78 is 7.64. The van der Waals surface area contributed by atoms with Crippen LogP contribution in [-0.4, -0.2) is 31.6 Å². The number of nitrogens with zero attached hydrogens (tertiary/aromatic N) is 4. The molecule has 7 heteroatoms. The van der Waals surface area contributed by atoms with Gasteiger partial charge in [-0.1, -0.05) is 13.3 Å². The lowest BCUT2D eigenvalue weighted by atomic mass is 10.2. The van der Waals surface area contributed by atoms with E-state index in [1.165, 1.54) is 0 Å². The molecule has 0 aliphatic heterocycles. The molecule has 128 valence electrons. The number of hydrogen-bond donors (Lipinski definition) is 2. The summed E-state index contributed by atoms with van der Waals surface area (Å²) in [6.45, 7) is 2.83. The standard InChI is InChI=1S/C18H20N6O/c1-3-4-10-25-18-13-8-7-12(11-15(13)24(2)23-18)20-17-16-14(21-22-17)6-5-9-19-16/h5-9,11H,3-4,10H2,1-2H3,(H2,20,21,22). The number of nitrogens with one attached hydrogen (secondary N) is 2. The zero-order chi connectivity index (χ0) is 17.2. The number of pyridine rings is 1. The maximum absolute atomic E-state index is 5.80. The van der Waals surface area contributed by atoms with Crippen molar-refractivity contribution < 1.29 is 4.74 Å². The number of aromatic nitrogens is 5. The Hall–Kier alpha value is -3.09. The Balaban J connectivity index is 1.64. The molecule has 25 heavy (non-hydrogen) atoms. The normalized spacial score (nSPS) is 11.3. The molecule has 0 radical (unpaired) electrons. The predicted molar refractivity (Wildman–Crippen MR) is 98.3 cm³/mol. The molecule has 0 bridgehead atoms. The molecule has 0 saturated heterocycles. The fraction of sp³-hybridized carbons (Fsp3) is 0.278. The summed E-state index contributed by atoms with van der Waals surface area (Å²) in [6.07, 6.45) is 3.88. The summed E-state index contributed by atoms with van der Waals surface area (Å²) in [7, 11) is 1.92.